The number of carbonyl (C=O) groups excluding carboxylic acids is 3. The standard InChI is InChI=1S/C25H27F3N4O4/c1-4-13-32-15(3)20(22(33)36-5-2)21(31-24(32)35)16-9-11-18(12-10-16)29-23(34)30-19-8-6-7-17(14-19)25(26,27)28/h6-12,14,21H,4-5,13H2,1-3H3,(H,31,35)(H2,29,30,34)/t21-/m0/s1. The Kier molecular flexibility index (Phi) is 8.23. The zero-order valence-electron chi connectivity index (χ0n) is 20.0. The van der Waals surface area contributed by atoms with Crippen molar-refractivity contribution in [3.05, 3.63) is 70.9 Å². The molecule has 1 aliphatic rings. The van der Waals surface area contributed by atoms with Crippen molar-refractivity contribution in [2.24, 2.45) is 0 Å². The second-order valence-electron chi connectivity index (χ2n) is 8.03. The average molecular weight is 505 g/mol. The molecule has 11 heteroatoms. The molecule has 36 heavy (non-hydrogen) atoms. The third kappa shape index (κ3) is 6.15. The quantitative estimate of drug-likeness (QED) is 0.424. The summed E-state index contributed by atoms with van der Waals surface area (Å²) >= 11 is 0. The van der Waals surface area contributed by atoms with E-state index in [4.69, 9.17) is 4.74 Å². The van der Waals surface area contributed by atoms with Crippen molar-refractivity contribution in [2.45, 2.75) is 39.4 Å². The minimum atomic E-state index is -4.53. The molecule has 0 radical (unpaired) electrons. The van der Waals surface area contributed by atoms with E-state index >= 15 is 0 Å². The predicted octanol–water partition coefficient (Wildman–Crippen LogP) is 5.66. The van der Waals surface area contributed by atoms with Crippen molar-refractivity contribution < 1.29 is 32.3 Å². The van der Waals surface area contributed by atoms with E-state index in [2.05, 4.69) is 16.0 Å². The maximum atomic E-state index is 12.9. The summed E-state index contributed by atoms with van der Waals surface area (Å²) in [6.07, 6.45) is -3.82. The average Bonchev–Trinajstić information content (AvgIpc) is 2.81. The molecule has 3 rings (SSSR count). The third-order valence-corrected chi connectivity index (χ3v) is 5.49. The van der Waals surface area contributed by atoms with Gasteiger partial charge in [0.1, 0.15) is 0 Å². The number of esters is 1. The number of nitrogens with zero attached hydrogens (tertiary/aromatic N) is 1. The maximum absolute atomic E-state index is 12.9. The Hall–Kier alpha value is -4.02. The molecule has 2 aromatic carbocycles. The zero-order chi connectivity index (χ0) is 26.5. The van der Waals surface area contributed by atoms with Crippen molar-refractivity contribution >= 4 is 29.4 Å². The van der Waals surface area contributed by atoms with Crippen LogP contribution in [0.4, 0.5) is 34.1 Å². The van der Waals surface area contributed by atoms with Gasteiger partial charge in [-0.1, -0.05) is 25.1 Å². The number of nitrogens with one attached hydrogen (secondary N) is 3. The van der Waals surface area contributed by atoms with Crippen LogP contribution >= 0.6 is 0 Å². The van der Waals surface area contributed by atoms with Crippen LogP contribution in [0.2, 0.25) is 0 Å². The van der Waals surface area contributed by atoms with E-state index in [0.717, 1.165) is 12.1 Å². The number of halogens is 3. The van der Waals surface area contributed by atoms with Gasteiger partial charge in [-0.2, -0.15) is 13.2 Å². The molecule has 3 N–H and O–H groups in total. The lowest BCUT2D eigenvalue weighted by Gasteiger charge is -2.35. The SMILES string of the molecule is CCCN1C(=O)N[C@@H](c2ccc(NC(=O)Nc3cccc(C(F)(F)F)c3)cc2)C(C(=O)OCC)=C1C. The van der Waals surface area contributed by atoms with Crippen molar-refractivity contribution in [2.75, 3.05) is 23.8 Å². The van der Waals surface area contributed by atoms with Gasteiger partial charge in [0.25, 0.3) is 0 Å². The minimum Gasteiger partial charge on any atom is -0.463 e. The first-order valence-corrected chi connectivity index (χ1v) is 11.4. The number of ether oxygens (including phenoxy) is 1. The molecular formula is C25H27F3N4O4. The molecule has 0 aromatic heterocycles. The molecule has 8 nitrogen and oxygen atoms in total. The molecule has 0 saturated carbocycles. The summed E-state index contributed by atoms with van der Waals surface area (Å²) < 4.78 is 43.9. The lowest BCUT2D eigenvalue weighted by molar-refractivity contribution is -0.139. The topological polar surface area (TPSA) is 99.8 Å². The Morgan fingerprint density at radius 3 is 2.33 bits per heavy atom. The highest BCUT2D eigenvalue weighted by Crippen LogP contribution is 2.33. The molecule has 0 aliphatic carbocycles. The highest BCUT2D eigenvalue weighted by atomic mass is 19.4. The van der Waals surface area contributed by atoms with E-state index in [0.29, 0.717) is 35.5 Å². The van der Waals surface area contributed by atoms with Crippen LogP contribution in [0.3, 0.4) is 0 Å². The summed E-state index contributed by atoms with van der Waals surface area (Å²) in [4.78, 5) is 39.2. The van der Waals surface area contributed by atoms with Crippen LogP contribution < -0.4 is 16.0 Å². The van der Waals surface area contributed by atoms with Crippen LogP contribution in [0.25, 0.3) is 0 Å². The fourth-order valence-electron chi connectivity index (χ4n) is 3.82. The first-order valence-electron chi connectivity index (χ1n) is 11.4. The van der Waals surface area contributed by atoms with E-state index < -0.39 is 29.8 Å². The number of rotatable bonds is 7. The highest BCUT2D eigenvalue weighted by Gasteiger charge is 2.36. The number of amides is 4. The normalized spacial score (nSPS) is 15.9. The first-order chi connectivity index (χ1) is 17.0. The summed E-state index contributed by atoms with van der Waals surface area (Å²) in [6.45, 7) is 5.93. The monoisotopic (exact) mass is 504 g/mol. The van der Waals surface area contributed by atoms with Crippen LogP contribution in [0.1, 0.15) is 44.4 Å². The maximum Gasteiger partial charge on any atom is 0.416 e. The van der Waals surface area contributed by atoms with Gasteiger partial charge in [0.05, 0.1) is 23.8 Å². The molecule has 0 saturated heterocycles. The predicted molar refractivity (Wildman–Crippen MR) is 128 cm³/mol. The minimum absolute atomic E-state index is 0.0137. The second-order valence-corrected chi connectivity index (χ2v) is 8.03. The second kappa shape index (κ2) is 11.1. The van der Waals surface area contributed by atoms with Crippen LogP contribution in [0, 0.1) is 0 Å². The van der Waals surface area contributed by atoms with E-state index in [1.54, 1.807) is 38.1 Å². The Bertz CT molecular complexity index is 1160. The number of carbonyl (C=O) groups is 3. The van der Waals surface area contributed by atoms with E-state index in [-0.39, 0.29) is 18.3 Å². The largest absolute Gasteiger partial charge is 0.463 e. The Morgan fingerprint density at radius 1 is 1.06 bits per heavy atom. The summed E-state index contributed by atoms with van der Waals surface area (Å²) in [6, 6.07) is 8.85. The summed E-state index contributed by atoms with van der Waals surface area (Å²) in [7, 11) is 0. The molecule has 0 fully saturated rings. The number of benzene rings is 2. The number of anilines is 2. The number of alkyl halides is 3. The van der Waals surface area contributed by atoms with Gasteiger partial charge < -0.3 is 20.7 Å². The van der Waals surface area contributed by atoms with Gasteiger partial charge in [0.15, 0.2) is 0 Å². The van der Waals surface area contributed by atoms with Crippen molar-refractivity contribution in [3.8, 4) is 0 Å². The van der Waals surface area contributed by atoms with E-state index in [1.165, 1.54) is 17.0 Å². The van der Waals surface area contributed by atoms with Crippen molar-refractivity contribution in [1.82, 2.24) is 10.2 Å². The van der Waals surface area contributed by atoms with Crippen LogP contribution in [-0.4, -0.2) is 36.1 Å². The van der Waals surface area contributed by atoms with Crippen LogP contribution in [0.5, 0.6) is 0 Å². The molecule has 1 atom stereocenters. The third-order valence-electron chi connectivity index (χ3n) is 5.49. The Labute approximate surface area is 206 Å². The molecular weight excluding hydrogens is 477 g/mol. The van der Waals surface area contributed by atoms with Gasteiger partial charge in [-0.25, -0.2) is 14.4 Å². The van der Waals surface area contributed by atoms with Gasteiger partial charge in [0, 0.05) is 23.6 Å². The molecule has 0 bridgehead atoms. The number of allylic oxidation sites excluding steroid dienone is 1. The Morgan fingerprint density at radius 2 is 1.72 bits per heavy atom. The van der Waals surface area contributed by atoms with Crippen molar-refractivity contribution in [3.63, 3.8) is 0 Å². The molecule has 0 unspecified atom stereocenters. The summed E-state index contributed by atoms with van der Waals surface area (Å²) in [5.74, 6) is -0.538. The fourth-order valence-corrected chi connectivity index (χ4v) is 3.82. The summed E-state index contributed by atoms with van der Waals surface area (Å²) in [5.41, 5.74) is 0.874. The van der Waals surface area contributed by atoms with Crippen LogP contribution in [-0.2, 0) is 15.7 Å². The van der Waals surface area contributed by atoms with E-state index in [1.807, 2.05) is 6.92 Å². The smallest absolute Gasteiger partial charge is 0.416 e. The summed E-state index contributed by atoms with van der Waals surface area (Å²) in [5, 5.41) is 7.74. The van der Waals surface area contributed by atoms with Crippen LogP contribution in [0.15, 0.2) is 59.8 Å². The lowest BCUT2D eigenvalue weighted by Crippen LogP contribution is -2.48. The zero-order valence-corrected chi connectivity index (χ0v) is 20.0. The fraction of sp³-hybridized carbons (Fsp3) is 0.320. The molecule has 4 amide bonds. The molecule has 192 valence electrons. The molecule has 0 spiro atoms. The first kappa shape index (κ1) is 26.6. The lowest BCUT2D eigenvalue weighted by atomic mass is 9.94. The van der Waals surface area contributed by atoms with Crippen molar-refractivity contribution in [1.29, 1.82) is 0 Å². The van der Waals surface area contributed by atoms with Gasteiger partial charge in [-0.3, -0.25) is 4.90 Å². The molecule has 2 aromatic rings. The Balaban J connectivity index is 1.77. The van der Waals surface area contributed by atoms with E-state index in [9.17, 15) is 27.6 Å². The van der Waals surface area contributed by atoms with Gasteiger partial charge in [-0.15, -0.1) is 0 Å². The van der Waals surface area contributed by atoms with Gasteiger partial charge in [-0.05, 0) is 56.2 Å². The molecule has 1 heterocycles. The number of urea groups is 2. The molecule has 1 aliphatic heterocycles. The van der Waals surface area contributed by atoms with Gasteiger partial charge >= 0.3 is 24.2 Å². The highest BCUT2D eigenvalue weighted by molar-refractivity contribution is 6.00. The number of hydrogen-bond acceptors (Lipinski definition) is 4. The van der Waals surface area contributed by atoms with Gasteiger partial charge in [0.2, 0.25) is 0 Å². The number of hydrogen-bond donors (Lipinski definition) is 3.